The van der Waals surface area contributed by atoms with E-state index >= 15 is 0 Å². The molecule has 0 spiro atoms. The van der Waals surface area contributed by atoms with E-state index in [-0.39, 0.29) is 0 Å². The van der Waals surface area contributed by atoms with Gasteiger partial charge in [-0.2, -0.15) is 5.10 Å². The highest BCUT2D eigenvalue weighted by atomic mass is 35.5. The minimum absolute atomic E-state index is 0.516. The van der Waals surface area contributed by atoms with Crippen molar-refractivity contribution in [3.63, 3.8) is 0 Å². The largest absolute Gasteiger partial charge is 0.420 e. The Morgan fingerprint density at radius 2 is 1.86 bits per heavy atom. The first-order valence-corrected chi connectivity index (χ1v) is 7.00. The fourth-order valence-electron chi connectivity index (χ4n) is 2.29. The maximum Gasteiger partial charge on any atom is 0.251 e. The van der Waals surface area contributed by atoms with Crippen LogP contribution in [0.15, 0.2) is 28.7 Å². The second kappa shape index (κ2) is 5.33. The van der Waals surface area contributed by atoms with E-state index in [4.69, 9.17) is 16.0 Å². The summed E-state index contributed by atoms with van der Waals surface area (Å²) in [7, 11) is 1.90. The standard InChI is InChI=1S/C15H15ClN4O/c1-9-14(10(2)20(3)19-9)15-18-17-13(21-15)8-11-4-6-12(16)7-5-11/h4-7H,8H2,1-3H3. The molecule has 21 heavy (non-hydrogen) atoms. The molecule has 3 aromatic rings. The number of aromatic nitrogens is 4. The summed E-state index contributed by atoms with van der Waals surface area (Å²) in [5.41, 5.74) is 3.88. The number of hydrogen-bond donors (Lipinski definition) is 0. The molecule has 0 saturated carbocycles. The van der Waals surface area contributed by atoms with Gasteiger partial charge in [-0.3, -0.25) is 4.68 Å². The molecule has 5 nitrogen and oxygen atoms in total. The van der Waals surface area contributed by atoms with E-state index in [1.165, 1.54) is 0 Å². The molecule has 0 fully saturated rings. The normalized spacial score (nSPS) is 11.0. The van der Waals surface area contributed by atoms with E-state index < -0.39 is 0 Å². The Balaban J connectivity index is 1.88. The third-order valence-corrected chi connectivity index (χ3v) is 3.71. The van der Waals surface area contributed by atoms with Gasteiger partial charge in [0.1, 0.15) is 0 Å². The molecular weight excluding hydrogens is 288 g/mol. The summed E-state index contributed by atoms with van der Waals surface area (Å²) in [5, 5.41) is 13.3. The summed E-state index contributed by atoms with van der Waals surface area (Å²) in [6, 6.07) is 7.60. The number of hydrogen-bond acceptors (Lipinski definition) is 4. The topological polar surface area (TPSA) is 56.7 Å². The molecule has 2 aromatic heterocycles. The van der Waals surface area contributed by atoms with Crippen molar-refractivity contribution in [3.05, 3.63) is 52.1 Å². The quantitative estimate of drug-likeness (QED) is 0.744. The molecule has 0 bridgehead atoms. The van der Waals surface area contributed by atoms with Crippen LogP contribution >= 0.6 is 11.6 Å². The van der Waals surface area contributed by atoms with Gasteiger partial charge in [0.2, 0.25) is 5.89 Å². The Hall–Kier alpha value is -2.14. The molecule has 0 unspecified atom stereocenters. The summed E-state index contributed by atoms with van der Waals surface area (Å²) in [6.45, 7) is 3.92. The van der Waals surface area contributed by atoms with Crippen LogP contribution in [0.3, 0.4) is 0 Å². The third kappa shape index (κ3) is 2.69. The van der Waals surface area contributed by atoms with Crippen LogP contribution < -0.4 is 0 Å². The van der Waals surface area contributed by atoms with Gasteiger partial charge in [-0.15, -0.1) is 10.2 Å². The SMILES string of the molecule is Cc1nn(C)c(C)c1-c1nnc(Cc2ccc(Cl)cc2)o1. The summed E-state index contributed by atoms with van der Waals surface area (Å²) >= 11 is 5.88. The minimum Gasteiger partial charge on any atom is -0.420 e. The van der Waals surface area contributed by atoms with Gasteiger partial charge in [0, 0.05) is 17.8 Å². The highest BCUT2D eigenvalue weighted by Gasteiger charge is 2.17. The summed E-state index contributed by atoms with van der Waals surface area (Å²) in [6.07, 6.45) is 0.586. The Kier molecular flexibility index (Phi) is 3.51. The summed E-state index contributed by atoms with van der Waals surface area (Å²) < 4.78 is 7.58. The van der Waals surface area contributed by atoms with Crippen LogP contribution in [-0.4, -0.2) is 20.0 Å². The molecule has 0 aliphatic rings. The van der Waals surface area contributed by atoms with Gasteiger partial charge in [-0.1, -0.05) is 23.7 Å². The first-order valence-electron chi connectivity index (χ1n) is 6.62. The number of halogens is 1. The zero-order chi connectivity index (χ0) is 15.0. The third-order valence-electron chi connectivity index (χ3n) is 3.46. The lowest BCUT2D eigenvalue weighted by Gasteiger charge is -1.97. The second-order valence-electron chi connectivity index (χ2n) is 4.97. The van der Waals surface area contributed by atoms with Crippen molar-refractivity contribution in [1.82, 2.24) is 20.0 Å². The van der Waals surface area contributed by atoms with Crippen LogP contribution in [0.5, 0.6) is 0 Å². The lowest BCUT2D eigenvalue weighted by atomic mass is 10.1. The number of rotatable bonds is 3. The summed E-state index contributed by atoms with van der Waals surface area (Å²) in [4.78, 5) is 0. The van der Waals surface area contributed by atoms with E-state index in [0.29, 0.717) is 23.2 Å². The lowest BCUT2D eigenvalue weighted by Crippen LogP contribution is -1.92. The van der Waals surface area contributed by atoms with Gasteiger partial charge < -0.3 is 4.42 Å². The van der Waals surface area contributed by atoms with E-state index in [1.807, 2.05) is 49.8 Å². The fraction of sp³-hybridized carbons (Fsp3) is 0.267. The number of nitrogens with zero attached hydrogens (tertiary/aromatic N) is 4. The molecule has 108 valence electrons. The average Bonchev–Trinajstić information content (AvgIpc) is 2.98. The molecule has 0 radical (unpaired) electrons. The summed E-state index contributed by atoms with van der Waals surface area (Å²) in [5.74, 6) is 1.09. The van der Waals surface area contributed by atoms with Gasteiger partial charge >= 0.3 is 0 Å². The van der Waals surface area contributed by atoms with Gasteiger partial charge in [0.15, 0.2) is 0 Å². The molecular formula is C15H15ClN4O. The maximum absolute atomic E-state index is 5.88. The van der Waals surface area contributed by atoms with Crippen molar-refractivity contribution < 1.29 is 4.42 Å². The molecule has 0 amide bonds. The van der Waals surface area contributed by atoms with Crippen molar-refractivity contribution in [2.45, 2.75) is 20.3 Å². The maximum atomic E-state index is 5.88. The van der Waals surface area contributed by atoms with E-state index in [1.54, 1.807) is 0 Å². The molecule has 6 heteroatoms. The first-order chi connectivity index (χ1) is 10.0. The van der Waals surface area contributed by atoms with E-state index in [9.17, 15) is 0 Å². The molecule has 0 saturated heterocycles. The molecule has 1 aromatic carbocycles. The van der Waals surface area contributed by atoms with Crippen molar-refractivity contribution >= 4 is 11.6 Å². The molecule has 0 N–H and O–H groups in total. The van der Waals surface area contributed by atoms with Crippen LogP contribution in [-0.2, 0) is 13.5 Å². The van der Waals surface area contributed by atoms with Crippen molar-refractivity contribution in [1.29, 1.82) is 0 Å². The predicted molar refractivity (Wildman–Crippen MR) is 80.2 cm³/mol. The highest BCUT2D eigenvalue weighted by molar-refractivity contribution is 6.30. The zero-order valence-electron chi connectivity index (χ0n) is 12.1. The first kappa shape index (κ1) is 13.8. The molecule has 2 heterocycles. The molecule has 3 rings (SSSR count). The van der Waals surface area contributed by atoms with Gasteiger partial charge in [0.25, 0.3) is 5.89 Å². The van der Waals surface area contributed by atoms with Crippen LogP contribution in [0.4, 0.5) is 0 Å². The van der Waals surface area contributed by atoms with E-state index in [0.717, 1.165) is 22.5 Å². The number of aryl methyl sites for hydroxylation is 2. The molecule has 0 aliphatic carbocycles. The van der Waals surface area contributed by atoms with Crippen molar-refractivity contribution in [2.75, 3.05) is 0 Å². The van der Waals surface area contributed by atoms with Crippen LogP contribution in [0.2, 0.25) is 5.02 Å². The lowest BCUT2D eigenvalue weighted by molar-refractivity contribution is 0.517. The van der Waals surface area contributed by atoms with Crippen LogP contribution in [0.25, 0.3) is 11.5 Å². The molecule has 0 atom stereocenters. The van der Waals surface area contributed by atoms with Crippen molar-refractivity contribution in [2.24, 2.45) is 7.05 Å². The molecule has 0 aliphatic heterocycles. The zero-order valence-corrected chi connectivity index (χ0v) is 12.8. The predicted octanol–water partition coefficient (Wildman–Crippen LogP) is 3.33. The van der Waals surface area contributed by atoms with Gasteiger partial charge in [-0.25, -0.2) is 0 Å². The van der Waals surface area contributed by atoms with Crippen molar-refractivity contribution in [3.8, 4) is 11.5 Å². The smallest absolute Gasteiger partial charge is 0.251 e. The Labute approximate surface area is 127 Å². The van der Waals surface area contributed by atoms with Crippen LogP contribution in [0, 0.1) is 13.8 Å². The minimum atomic E-state index is 0.516. The van der Waals surface area contributed by atoms with Crippen LogP contribution in [0.1, 0.15) is 22.8 Å². The van der Waals surface area contributed by atoms with Gasteiger partial charge in [0.05, 0.1) is 17.7 Å². The van der Waals surface area contributed by atoms with Gasteiger partial charge in [-0.05, 0) is 31.5 Å². The van der Waals surface area contributed by atoms with E-state index in [2.05, 4.69) is 15.3 Å². The average molecular weight is 303 g/mol. The Morgan fingerprint density at radius 1 is 1.14 bits per heavy atom. The highest BCUT2D eigenvalue weighted by Crippen LogP contribution is 2.25. The Morgan fingerprint density at radius 3 is 2.48 bits per heavy atom. The fourth-order valence-corrected chi connectivity index (χ4v) is 2.41. The Bertz CT molecular complexity index is 774. The monoisotopic (exact) mass is 302 g/mol. The number of benzene rings is 1. The second-order valence-corrected chi connectivity index (χ2v) is 5.41.